The molecule has 5 rings (SSSR count). The summed E-state index contributed by atoms with van der Waals surface area (Å²) in [5.74, 6) is 0. The van der Waals surface area contributed by atoms with E-state index < -0.39 is 13.3 Å². The van der Waals surface area contributed by atoms with Crippen molar-refractivity contribution in [2.75, 3.05) is 0 Å². The molecule has 0 nitrogen and oxygen atoms in total. The van der Waals surface area contributed by atoms with Gasteiger partial charge in [0.15, 0.2) is 0 Å². The van der Waals surface area contributed by atoms with Crippen LogP contribution < -0.4 is 0 Å². The first-order chi connectivity index (χ1) is 12.9. The fourth-order valence-corrected chi connectivity index (χ4v) is 20.6. The molecule has 0 N–H and O–H groups in total. The van der Waals surface area contributed by atoms with E-state index in [4.69, 9.17) is 0 Å². The first-order valence-electron chi connectivity index (χ1n) is 10.3. The zero-order chi connectivity index (χ0) is 19.1. The van der Waals surface area contributed by atoms with Gasteiger partial charge in [-0.3, -0.25) is 0 Å². The van der Waals surface area contributed by atoms with Crippen LogP contribution in [0.15, 0.2) is 57.3 Å². The van der Waals surface area contributed by atoms with E-state index in [0.717, 1.165) is 9.50 Å². The fourth-order valence-electron chi connectivity index (χ4n) is 6.47. The van der Waals surface area contributed by atoms with Gasteiger partial charge in [-0.15, -0.1) is 0 Å². The van der Waals surface area contributed by atoms with Gasteiger partial charge in [0.1, 0.15) is 0 Å². The Morgan fingerprint density at radius 2 is 0.889 bits per heavy atom. The summed E-state index contributed by atoms with van der Waals surface area (Å²) in [5, 5.41) is 0. The van der Waals surface area contributed by atoms with E-state index in [0.29, 0.717) is 0 Å². The van der Waals surface area contributed by atoms with Crippen LogP contribution in [0.3, 0.4) is 0 Å². The molecule has 0 bridgehead atoms. The Morgan fingerprint density at radius 1 is 0.556 bits per heavy atom. The number of fused-ring (bicyclic) bond motifs is 6. The van der Waals surface area contributed by atoms with Gasteiger partial charge in [-0.2, -0.15) is 0 Å². The minimum absolute atomic E-state index is 0.732. The van der Waals surface area contributed by atoms with E-state index in [-0.39, 0.29) is 0 Å². The number of hydrogen-bond donors (Lipinski definition) is 0. The Kier molecular flexibility index (Phi) is 3.60. The predicted octanol–water partition coefficient (Wildman–Crippen LogP) is 7.53. The number of allylic oxidation sites excluding steroid dienone is 6. The summed E-state index contributed by atoms with van der Waals surface area (Å²) in [5.41, 5.74) is 12.3. The SMILES string of the molecule is CC1=[C]2C(=C3[C](=C(C)c4ccccc43)[Ge]2([CH](C)C)[CH](C)C)c2ccccc21. The van der Waals surface area contributed by atoms with Gasteiger partial charge in [0, 0.05) is 0 Å². The second-order valence-electron chi connectivity index (χ2n) is 9.02. The summed E-state index contributed by atoms with van der Waals surface area (Å²) >= 11 is -2.57. The van der Waals surface area contributed by atoms with Gasteiger partial charge < -0.3 is 0 Å². The van der Waals surface area contributed by atoms with E-state index in [2.05, 4.69) is 90.1 Å². The maximum absolute atomic E-state index is 2.57. The molecule has 0 spiro atoms. The van der Waals surface area contributed by atoms with Crippen LogP contribution in [0.2, 0.25) is 9.50 Å². The molecule has 2 aliphatic carbocycles. The molecule has 0 fully saturated rings. The molecule has 1 heteroatoms. The van der Waals surface area contributed by atoms with Crippen molar-refractivity contribution in [3.8, 4) is 0 Å². The summed E-state index contributed by atoms with van der Waals surface area (Å²) < 4.78 is 5.05. The number of benzene rings is 2. The van der Waals surface area contributed by atoms with Gasteiger partial charge in [0.25, 0.3) is 0 Å². The average molecular weight is 413 g/mol. The van der Waals surface area contributed by atoms with Gasteiger partial charge in [-0.25, -0.2) is 0 Å². The first-order valence-corrected chi connectivity index (χ1v) is 14.8. The monoisotopic (exact) mass is 414 g/mol. The van der Waals surface area contributed by atoms with E-state index in [9.17, 15) is 0 Å². The third-order valence-electron chi connectivity index (χ3n) is 7.35. The summed E-state index contributed by atoms with van der Waals surface area (Å²) in [6.07, 6.45) is 0. The summed E-state index contributed by atoms with van der Waals surface area (Å²) in [6.45, 7) is 14.8. The van der Waals surface area contributed by atoms with Crippen molar-refractivity contribution in [3.05, 3.63) is 79.6 Å². The zero-order valence-electron chi connectivity index (χ0n) is 17.3. The molecule has 0 amide bonds. The van der Waals surface area contributed by atoms with Crippen LogP contribution in [-0.4, -0.2) is 13.3 Å². The van der Waals surface area contributed by atoms with Crippen LogP contribution in [0.5, 0.6) is 0 Å². The summed E-state index contributed by atoms with van der Waals surface area (Å²) in [4.78, 5) is 0. The van der Waals surface area contributed by atoms with Crippen LogP contribution in [-0.2, 0) is 0 Å². The number of rotatable bonds is 2. The second kappa shape index (κ2) is 5.61. The Bertz CT molecular complexity index is 1000. The van der Waals surface area contributed by atoms with Crippen molar-refractivity contribution >= 4 is 35.6 Å². The molecule has 0 unspecified atom stereocenters. The molecule has 2 aromatic carbocycles. The predicted molar refractivity (Wildman–Crippen MR) is 121 cm³/mol. The minimum atomic E-state index is -2.57. The van der Waals surface area contributed by atoms with Crippen LogP contribution >= 0.6 is 0 Å². The quantitative estimate of drug-likeness (QED) is 0.447. The van der Waals surface area contributed by atoms with E-state index in [1.165, 1.54) is 22.3 Å². The van der Waals surface area contributed by atoms with Crippen LogP contribution in [0, 0.1) is 0 Å². The topological polar surface area (TPSA) is 0 Å². The van der Waals surface area contributed by atoms with Gasteiger partial charge in [0.2, 0.25) is 0 Å². The Morgan fingerprint density at radius 3 is 1.22 bits per heavy atom. The van der Waals surface area contributed by atoms with Crippen LogP contribution in [0.1, 0.15) is 63.8 Å². The van der Waals surface area contributed by atoms with Crippen molar-refractivity contribution in [2.24, 2.45) is 0 Å². The molecular formula is C26H28Ge. The van der Waals surface area contributed by atoms with Gasteiger partial charge in [0.05, 0.1) is 0 Å². The molecule has 0 atom stereocenters. The van der Waals surface area contributed by atoms with Crippen LogP contribution in [0.25, 0.3) is 22.3 Å². The van der Waals surface area contributed by atoms with Crippen molar-refractivity contribution in [1.29, 1.82) is 0 Å². The van der Waals surface area contributed by atoms with Crippen LogP contribution in [0.4, 0.5) is 0 Å². The normalized spacial score (nSPS) is 19.3. The Labute approximate surface area is 166 Å². The van der Waals surface area contributed by atoms with E-state index in [1.807, 2.05) is 0 Å². The molecule has 0 saturated heterocycles. The third kappa shape index (κ3) is 1.85. The van der Waals surface area contributed by atoms with Gasteiger partial charge in [-0.05, 0) is 0 Å². The number of hydrogen-bond acceptors (Lipinski definition) is 0. The van der Waals surface area contributed by atoms with Crippen molar-refractivity contribution in [1.82, 2.24) is 0 Å². The standard InChI is InChI=1S/C26H28Ge/c1-15(2)27(16(3)4)25-17(5)19-11-7-9-13-21(19)23(25)24-22-14-10-8-12-20(22)18(6)26(24)27/h7-16H,1-6H3. The van der Waals surface area contributed by atoms with Gasteiger partial charge >= 0.3 is 166 Å². The molecule has 3 aliphatic rings. The Hall–Kier alpha value is -1.80. The molecule has 136 valence electrons. The molecule has 1 heterocycles. The molecule has 27 heavy (non-hydrogen) atoms. The Balaban J connectivity index is 2.01. The summed E-state index contributed by atoms with van der Waals surface area (Å²) in [6, 6.07) is 18.3. The van der Waals surface area contributed by atoms with Crippen molar-refractivity contribution in [3.63, 3.8) is 0 Å². The van der Waals surface area contributed by atoms with Crippen molar-refractivity contribution in [2.45, 2.75) is 51.0 Å². The molecule has 0 saturated carbocycles. The van der Waals surface area contributed by atoms with E-state index >= 15 is 0 Å². The molecule has 2 aromatic rings. The van der Waals surface area contributed by atoms with Gasteiger partial charge in [-0.1, -0.05) is 0 Å². The average Bonchev–Trinajstić information content (AvgIpc) is 3.23. The van der Waals surface area contributed by atoms with E-state index in [1.54, 1.807) is 31.1 Å². The first kappa shape index (κ1) is 17.3. The maximum atomic E-state index is 2.51. The third-order valence-corrected chi connectivity index (χ3v) is 21.1. The fraction of sp³-hybridized carbons (Fsp3) is 0.308. The second-order valence-corrected chi connectivity index (χ2v) is 19.6. The van der Waals surface area contributed by atoms with Crippen molar-refractivity contribution < 1.29 is 0 Å². The summed E-state index contributed by atoms with van der Waals surface area (Å²) in [7, 11) is 0. The molecule has 0 radical (unpaired) electrons. The molecule has 0 aromatic heterocycles. The zero-order valence-corrected chi connectivity index (χ0v) is 19.4. The molecule has 1 aliphatic heterocycles. The molecular weight excluding hydrogens is 385 g/mol.